The summed E-state index contributed by atoms with van der Waals surface area (Å²) >= 11 is 0. The lowest BCUT2D eigenvalue weighted by molar-refractivity contribution is 0.0890. The van der Waals surface area contributed by atoms with Crippen LogP contribution in [0.2, 0.25) is 0 Å². The fourth-order valence-electron chi connectivity index (χ4n) is 1.65. The van der Waals surface area contributed by atoms with Gasteiger partial charge in [0.25, 0.3) is 10.2 Å². The van der Waals surface area contributed by atoms with Gasteiger partial charge in [0.05, 0.1) is 6.10 Å². The van der Waals surface area contributed by atoms with Crippen LogP contribution in [-0.2, 0) is 10.2 Å². The third kappa shape index (κ3) is 3.16. The van der Waals surface area contributed by atoms with Crippen LogP contribution in [0.15, 0.2) is 0 Å². The molecule has 0 aromatic carbocycles. The zero-order valence-corrected chi connectivity index (χ0v) is 11.0. The Balaban J connectivity index is 2.62. The van der Waals surface area contributed by atoms with E-state index in [1.807, 2.05) is 20.8 Å². The van der Waals surface area contributed by atoms with Gasteiger partial charge in [0.15, 0.2) is 0 Å². The standard InChI is InChI=1S/C10H22N2O3S/c1-4-9(10(13)8(2)3)11-16(14,15)12-6-5-7-12/h8-11,13H,4-7H2,1-3H3. The van der Waals surface area contributed by atoms with Gasteiger partial charge < -0.3 is 5.11 Å². The van der Waals surface area contributed by atoms with Gasteiger partial charge in [0, 0.05) is 19.1 Å². The lowest BCUT2D eigenvalue weighted by Gasteiger charge is -2.33. The van der Waals surface area contributed by atoms with E-state index in [-0.39, 0.29) is 5.92 Å². The van der Waals surface area contributed by atoms with E-state index in [2.05, 4.69) is 4.72 Å². The fourth-order valence-corrected chi connectivity index (χ4v) is 3.23. The maximum atomic E-state index is 11.8. The Labute approximate surface area is 98.0 Å². The minimum Gasteiger partial charge on any atom is -0.391 e. The van der Waals surface area contributed by atoms with Crippen molar-refractivity contribution in [1.82, 2.24) is 9.03 Å². The summed E-state index contributed by atoms with van der Waals surface area (Å²) in [6.07, 6.45) is 0.873. The summed E-state index contributed by atoms with van der Waals surface area (Å²) in [5.41, 5.74) is 0. The van der Waals surface area contributed by atoms with Crippen LogP contribution in [0.4, 0.5) is 0 Å². The average molecular weight is 250 g/mol. The van der Waals surface area contributed by atoms with E-state index < -0.39 is 22.4 Å². The van der Waals surface area contributed by atoms with Crippen molar-refractivity contribution in [3.8, 4) is 0 Å². The van der Waals surface area contributed by atoms with Crippen molar-refractivity contribution in [1.29, 1.82) is 0 Å². The van der Waals surface area contributed by atoms with Crippen LogP contribution in [0.5, 0.6) is 0 Å². The molecule has 2 N–H and O–H groups in total. The van der Waals surface area contributed by atoms with E-state index in [1.54, 1.807) is 0 Å². The van der Waals surface area contributed by atoms with Crippen LogP contribution < -0.4 is 4.72 Å². The van der Waals surface area contributed by atoms with Crippen molar-refractivity contribution in [2.75, 3.05) is 13.1 Å². The molecule has 2 atom stereocenters. The second-order valence-corrected chi connectivity index (χ2v) is 6.33. The summed E-state index contributed by atoms with van der Waals surface area (Å²) < 4.78 is 27.6. The first-order chi connectivity index (χ1) is 7.38. The summed E-state index contributed by atoms with van der Waals surface area (Å²) in [6.45, 7) is 6.80. The lowest BCUT2D eigenvalue weighted by atomic mass is 9.99. The quantitative estimate of drug-likeness (QED) is 0.713. The molecule has 6 heteroatoms. The van der Waals surface area contributed by atoms with Gasteiger partial charge >= 0.3 is 0 Å². The van der Waals surface area contributed by atoms with Gasteiger partial charge in [0.2, 0.25) is 0 Å². The molecule has 0 aromatic rings. The largest absolute Gasteiger partial charge is 0.391 e. The zero-order valence-electron chi connectivity index (χ0n) is 10.2. The van der Waals surface area contributed by atoms with Gasteiger partial charge in [-0.15, -0.1) is 0 Å². The van der Waals surface area contributed by atoms with Crippen LogP contribution in [0.1, 0.15) is 33.6 Å². The minimum atomic E-state index is -3.39. The van der Waals surface area contributed by atoms with Crippen molar-refractivity contribution in [3.63, 3.8) is 0 Å². The predicted molar refractivity (Wildman–Crippen MR) is 63.2 cm³/mol. The molecule has 1 heterocycles. The Bertz CT molecular complexity index is 312. The van der Waals surface area contributed by atoms with Crippen molar-refractivity contribution in [3.05, 3.63) is 0 Å². The Morgan fingerprint density at radius 3 is 2.25 bits per heavy atom. The molecule has 0 aliphatic carbocycles. The molecular formula is C10H22N2O3S. The minimum absolute atomic E-state index is 0.0454. The third-order valence-electron chi connectivity index (χ3n) is 2.99. The van der Waals surface area contributed by atoms with Gasteiger partial charge in [-0.05, 0) is 18.8 Å². The number of rotatable bonds is 6. The molecule has 1 saturated heterocycles. The van der Waals surface area contributed by atoms with Crippen LogP contribution >= 0.6 is 0 Å². The molecule has 1 fully saturated rings. The Kier molecular flexibility index (Phi) is 4.73. The van der Waals surface area contributed by atoms with E-state index in [0.717, 1.165) is 6.42 Å². The molecule has 16 heavy (non-hydrogen) atoms. The number of hydrogen-bond donors (Lipinski definition) is 2. The lowest BCUT2D eigenvalue weighted by Crippen LogP contribution is -2.54. The van der Waals surface area contributed by atoms with Gasteiger partial charge in [0.1, 0.15) is 0 Å². The van der Waals surface area contributed by atoms with Crippen molar-refractivity contribution < 1.29 is 13.5 Å². The number of nitrogens with zero attached hydrogens (tertiary/aromatic N) is 1. The third-order valence-corrected chi connectivity index (χ3v) is 4.64. The SMILES string of the molecule is CCC(NS(=O)(=O)N1CCC1)C(O)C(C)C. The number of nitrogens with one attached hydrogen (secondary N) is 1. The van der Waals surface area contributed by atoms with Gasteiger partial charge in [-0.2, -0.15) is 17.4 Å². The summed E-state index contributed by atoms with van der Waals surface area (Å²) in [7, 11) is -3.39. The first kappa shape index (κ1) is 13.9. The molecule has 1 aliphatic rings. The van der Waals surface area contributed by atoms with E-state index in [1.165, 1.54) is 4.31 Å². The second-order valence-electron chi connectivity index (χ2n) is 4.62. The highest BCUT2D eigenvalue weighted by atomic mass is 32.2. The highest BCUT2D eigenvalue weighted by Crippen LogP contribution is 2.15. The maximum absolute atomic E-state index is 11.8. The van der Waals surface area contributed by atoms with E-state index in [0.29, 0.717) is 19.5 Å². The van der Waals surface area contributed by atoms with Crippen LogP contribution in [-0.4, -0.2) is 43.1 Å². The Hall–Kier alpha value is -0.170. The molecule has 0 bridgehead atoms. The van der Waals surface area contributed by atoms with Crippen LogP contribution in [0.3, 0.4) is 0 Å². The summed E-state index contributed by atoms with van der Waals surface area (Å²) in [4.78, 5) is 0. The van der Waals surface area contributed by atoms with Crippen LogP contribution in [0, 0.1) is 5.92 Å². The van der Waals surface area contributed by atoms with Crippen LogP contribution in [0.25, 0.3) is 0 Å². The maximum Gasteiger partial charge on any atom is 0.279 e. The highest BCUT2D eigenvalue weighted by molar-refractivity contribution is 7.87. The average Bonchev–Trinajstić information content (AvgIpc) is 2.09. The first-order valence-electron chi connectivity index (χ1n) is 5.84. The Morgan fingerprint density at radius 1 is 1.38 bits per heavy atom. The summed E-state index contributed by atoms with van der Waals surface area (Å²) in [5, 5.41) is 9.88. The predicted octanol–water partition coefficient (Wildman–Crippen LogP) is 0.322. The van der Waals surface area contributed by atoms with E-state index in [4.69, 9.17) is 0 Å². The van der Waals surface area contributed by atoms with Gasteiger partial charge in [-0.25, -0.2) is 0 Å². The Morgan fingerprint density at radius 2 is 1.94 bits per heavy atom. The molecule has 5 nitrogen and oxygen atoms in total. The number of aliphatic hydroxyl groups excluding tert-OH is 1. The number of aliphatic hydroxyl groups is 1. The van der Waals surface area contributed by atoms with E-state index >= 15 is 0 Å². The summed E-state index contributed by atoms with van der Waals surface area (Å²) in [6, 6.07) is -0.398. The molecule has 0 spiro atoms. The molecule has 96 valence electrons. The number of hydrogen-bond acceptors (Lipinski definition) is 3. The smallest absolute Gasteiger partial charge is 0.279 e. The molecule has 0 saturated carbocycles. The monoisotopic (exact) mass is 250 g/mol. The van der Waals surface area contributed by atoms with E-state index in [9.17, 15) is 13.5 Å². The molecular weight excluding hydrogens is 228 g/mol. The normalized spacial score (nSPS) is 21.8. The van der Waals surface area contributed by atoms with Crippen molar-refractivity contribution >= 4 is 10.2 Å². The topological polar surface area (TPSA) is 69.6 Å². The summed E-state index contributed by atoms with van der Waals surface area (Å²) in [5.74, 6) is 0.0454. The van der Waals surface area contributed by atoms with Gasteiger partial charge in [-0.3, -0.25) is 0 Å². The highest BCUT2D eigenvalue weighted by Gasteiger charge is 2.32. The molecule has 1 rings (SSSR count). The molecule has 1 aliphatic heterocycles. The first-order valence-corrected chi connectivity index (χ1v) is 7.28. The zero-order chi connectivity index (χ0) is 12.3. The fraction of sp³-hybridized carbons (Fsp3) is 1.00. The van der Waals surface area contributed by atoms with Gasteiger partial charge in [-0.1, -0.05) is 20.8 Å². The second kappa shape index (κ2) is 5.44. The molecule has 0 radical (unpaired) electrons. The molecule has 0 aromatic heterocycles. The molecule has 0 amide bonds. The van der Waals surface area contributed by atoms with Crippen molar-refractivity contribution in [2.45, 2.75) is 45.8 Å². The van der Waals surface area contributed by atoms with Crippen molar-refractivity contribution in [2.24, 2.45) is 5.92 Å². The molecule has 2 unspecified atom stereocenters.